The molecule has 0 unspecified atom stereocenters. The third-order valence-corrected chi connectivity index (χ3v) is 6.30. The summed E-state index contributed by atoms with van der Waals surface area (Å²) in [5.41, 5.74) is 0.0277. The van der Waals surface area contributed by atoms with Gasteiger partial charge in [0.15, 0.2) is 0 Å². The van der Waals surface area contributed by atoms with E-state index in [1.165, 1.54) is 18.9 Å². The quantitative estimate of drug-likeness (QED) is 0.731. The molecule has 1 heterocycles. The maximum atomic E-state index is 13.8. The van der Waals surface area contributed by atoms with Crippen LogP contribution in [0.5, 0.6) is 0 Å². The molecule has 3 nitrogen and oxygen atoms in total. The summed E-state index contributed by atoms with van der Waals surface area (Å²) in [6, 6.07) is 3.10. The molecule has 6 heteroatoms. The summed E-state index contributed by atoms with van der Waals surface area (Å²) in [5.74, 6) is -0.0539. The summed E-state index contributed by atoms with van der Waals surface area (Å²) in [5, 5.41) is 2.92. The molecule has 1 aromatic carbocycles. The highest BCUT2D eigenvalue weighted by Gasteiger charge is 2.39. The molecule has 25 heavy (non-hydrogen) atoms. The number of benzene rings is 1. The van der Waals surface area contributed by atoms with Crippen molar-refractivity contribution in [1.82, 2.24) is 9.62 Å². The summed E-state index contributed by atoms with van der Waals surface area (Å²) >= 11 is 1.87. The minimum Gasteiger partial charge on any atom is -0.351 e. The Labute approximate surface area is 152 Å². The molecular formula is C19H26F2N2OS. The number of rotatable bonds is 7. The van der Waals surface area contributed by atoms with E-state index in [0.29, 0.717) is 6.54 Å². The predicted molar refractivity (Wildman–Crippen MR) is 97.4 cm³/mol. The van der Waals surface area contributed by atoms with Crippen LogP contribution in [-0.4, -0.2) is 35.6 Å². The molecule has 1 aromatic rings. The smallest absolute Gasteiger partial charge is 0.254 e. The van der Waals surface area contributed by atoms with Crippen LogP contribution in [0.1, 0.15) is 49.4 Å². The van der Waals surface area contributed by atoms with Gasteiger partial charge in [-0.3, -0.25) is 9.10 Å². The van der Waals surface area contributed by atoms with Crippen LogP contribution in [0.25, 0.3) is 0 Å². The Morgan fingerprint density at radius 2 is 2.04 bits per heavy atom. The summed E-state index contributed by atoms with van der Waals surface area (Å²) in [6.07, 6.45) is 5.83. The lowest BCUT2D eigenvalue weighted by atomic mass is 9.74. The molecule has 0 aromatic heterocycles. The Morgan fingerprint density at radius 3 is 2.64 bits per heavy atom. The van der Waals surface area contributed by atoms with Crippen molar-refractivity contribution in [2.45, 2.75) is 39.0 Å². The van der Waals surface area contributed by atoms with Crippen molar-refractivity contribution in [3.8, 4) is 0 Å². The Kier molecular flexibility index (Phi) is 6.00. The van der Waals surface area contributed by atoms with Crippen molar-refractivity contribution in [1.29, 1.82) is 0 Å². The van der Waals surface area contributed by atoms with Gasteiger partial charge in [-0.25, -0.2) is 8.78 Å². The second kappa shape index (κ2) is 8.04. The van der Waals surface area contributed by atoms with E-state index in [1.54, 1.807) is 0 Å². The first kappa shape index (κ1) is 18.6. The number of piperidine rings is 1. The number of hydrogen-bond donors (Lipinski definition) is 1. The van der Waals surface area contributed by atoms with E-state index in [0.717, 1.165) is 56.2 Å². The molecule has 0 bridgehead atoms. The fourth-order valence-corrected chi connectivity index (χ4v) is 4.50. The molecule has 1 amide bonds. The molecule has 1 saturated heterocycles. The second-order valence-electron chi connectivity index (χ2n) is 7.30. The molecule has 1 aliphatic carbocycles. The van der Waals surface area contributed by atoms with Crippen molar-refractivity contribution in [3.63, 3.8) is 0 Å². The number of nitrogens with zero attached hydrogens (tertiary/aromatic N) is 1. The first-order valence-electron chi connectivity index (χ1n) is 9.12. The van der Waals surface area contributed by atoms with Crippen molar-refractivity contribution in [2.75, 3.05) is 25.4 Å². The number of hydrogen-bond acceptors (Lipinski definition) is 3. The van der Waals surface area contributed by atoms with Crippen molar-refractivity contribution < 1.29 is 13.6 Å². The van der Waals surface area contributed by atoms with Crippen LogP contribution < -0.4 is 5.32 Å². The molecule has 1 N–H and O–H groups in total. The van der Waals surface area contributed by atoms with Gasteiger partial charge in [0.05, 0.1) is 5.56 Å². The molecule has 2 aliphatic rings. The Balaban J connectivity index is 1.61. The minimum absolute atomic E-state index is 0.0815. The van der Waals surface area contributed by atoms with Crippen LogP contribution >= 0.6 is 11.9 Å². The van der Waals surface area contributed by atoms with E-state index >= 15 is 0 Å². The van der Waals surface area contributed by atoms with Crippen LogP contribution in [0, 0.1) is 23.0 Å². The zero-order valence-corrected chi connectivity index (χ0v) is 15.5. The van der Waals surface area contributed by atoms with Crippen molar-refractivity contribution in [3.05, 3.63) is 35.4 Å². The van der Waals surface area contributed by atoms with Gasteiger partial charge in [-0.2, -0.15) is 0 Å². The Bertz CT molecular complexity index is 613. The van der Waals surface area contributed by atoms with Crippen LogP contribution in [-0.2, 0) is 0 Å². The number of amides is 1. The normalized spacial score (nSPS) is 20.4. The Hall–Kier alpha value is -1.14. The van der Waals surface area contributed by atoms with E-state index in [2.05, 4.69) is 16.5 Å². The first-order valence-corrected chi connectivity index (χ1v) is 10.1. The number of halogens is 2. The van der Waals surface area contributed by atoms with E-state index in [9.17, 15) is 13.6 Å². The topological polar surface area (TPSA) is 32.3 Å². The first-order chi connectivity index (χ1) is 12.0. The van der Waals surface area contributed by atoms with Gasteiger partial charge >= 0.3 is 0 Å². The third kappa shape index (κ3) is 4.94. The van der Waals surface area contributed by atoms with Crippen LogP contribution in [0.3, 0.4) is 0 Å². The van der Waals surface area contributed by atoms with Gasteiger partial charge in [-0.1, -0.05) is 31.7 Å². The molecule has 0 spiro atoms. The zero-order valence-electron chi connectivity index (χ0n) is 14.7. The van der Waals surface area contributed by atoms with Gasteiger partial charge in [0.1, 0.15) is 11.6 Å². The average Bonchev–Trinajstić information content (AvgIpc) is 3.39. The van der Waals surface area contributed by atoms with E-state index in [-0.39, 0.29) is 11.0 Å². The molecule has 0 radical (unpaired) electrons. The lowest BCUT2D eigenvalue weighted by Gasteiger charge is -2.41. The maximum absolute atomic E-state index is 13.8. The van der Waals surface area contributed by atoms with E-state index in [4.69, 9.17) is 0 Å². The van der Waals surface area contributed by atoms with E-state index < -0.39 is 17.5 Å². The maximum Gasteiger partial charge on any atom is 0.254 e. The molecule has 2 fully saturated rings. The van der Waals surface area contributed by atoms with Crippen molar-refractivity contribution in [2.24, 2.45) is 11.3 Å². The van der Waals surface area contributed by atoms with Gasteiger partial charge in [0.25, 0.3) is 5.91 Å². The molecule has 3 rings (SSSR count). The minimum atomic E-state index is -0.803. The lowest BCUT2D eigenvalue weighted by molar-refractivity contribution is 0.0873. The van der Waals surface area contributed by atoms with Crippen LogP contribution in [0.2, 0.25) is 0 Å². The predicted octanol–water partition coefficient (Wildman–Crippen LogP) is 4.25. The van der Waals surface area contributed by atoms with Gasteiger partial charge in [-0.15, -0.1) is 0 Å². The summed E-state index contributed by atoms with van der Waals surface area (Å²) in [4.78, 5) is 12.3. The summed E-state index contributed by atoms with van der Waals surface area (Å²) < 4.78 is 29.2. The third-order valence-electron chi connectivity index (χ3n) is 5.31. The number of nitrogens with one attached hydrogen (secondary N) is 1. The van der Waals surface area contributed by atoms with Gasteiger partial charge in [0.2, 0.25) is 0 Å². The monoisotopic (exact) mass is 368 g/mol. The molecular weight excluding hydrogens is 342 g/mol. The summed E-state index contributed by atoms with van der Waals surface area (Å²) in [6.45, 7) is 4.80. The number of carbonyl (C=O) groups is 1. The molecule has 1 saturated carbocycles. The van der Waals surface area contributed by atoms with Gasteiger partial charge in [-0.05, 0) is 42.7 Å². The van der Waals surface area contributed by atoms with Crippen LogP contribution in [0.15, 0.2) is 18.2 Å². The SMILES string of the molecule is CCSN1CCC(CNC(=O)c2ccc(F)cc2F)(CC2CC2)CC1. The molecule has 138 valence electrons. The van der Waals surface area contributed by atoms with Gasteiger partial charge in [0, 0.05) is 31.5 Å². The summed E-state index contributed by atoms with van der Waals surface area (Å²) in [7, 11) is 0. The standard InChI is InChI=1S/C19H26F2N2OS/c1-2-25-23-9-7-19(8-10-23,12-14-3-4-14)13-22-18(24)16-6-5-15(20)11-17(16)21/h5-6,11,14H,2-4,7-10,12-13H2,1H3,(H,22,24). The highest BCUT2D eigenvalue weighted by Crippen LogP contribution is 2.46. The van der Waals surface area contributed by atoms with Gasteiger partial charge < -0.3 is 5.32 Å². The van der Waals surface area contributed by atoms with Crippen molar-refractivity contribution >= 4 is 17.9 Å². The molecule has 0 atom stereocenters. The van der Waals surface area contributed by atoms with E-state index in [1.807, 2.05) is 11.9 Å². The number of carbonyl (C=O) groups excluding carboxylic acids is 1. The second-order valence-corrected chi connectivity index (χ2v) is 8.65. The average molecular weight is 368 g/mol. The highest BCUT2D eigenvalue weighted by atomic mass is 32.2. The highest BCUT2D eigenvalue weighted by molar-refractivity contribution is 7.96. The fourth-order valence-electron chi connectivity index (χ4n) is 3.70. The Morgan fingerprint density at radius 1 is 1.32 bits per heavy atom. The largest absolute Gasteiger partial charge is 0.351 e. The van der Waals surface area contributed by atoms with Crippen LogP contribution in [0.4, 0.5) is 8.78 Å². The zero-order chi connectivity index (χ0) is 17.9. The lowest BCUT2D eigenvalue weighted by Crippen LogP contribution is -2.45. The molecule has 1 aliphatic heterocycles. The fraction of sp³-hybridized carbons (Fsp3) is 0.632.